The zero-order valence-electron chi connectivity index (χ0n) is 11.9. The second-order valence-corrected chi connectivity index (χ2v) is 4.98. The lowest BCUT2D eigenvalue weighted by Gasteiger charge is -2.07. The lowest BCUT2D eigenvalue weighted by molar-refractivity contribution is 0.289. The molecular weight excluding hydrogens is 295 g/mol. The van der Waals surface area contributed by atoms with Gasteiger partial charge in [-0.05, 0) is 31.2 Å². The summed E-state index contributed by atoms with van der Waals surface area (Å²) in [7, 11) is 0. The van der Waals surface area contributed by atoms with E-state index in [2.05, 4.69) is 22.6 Å². The summed E-state index contributed by atoms with van der Waals surface area (Å²) in [6.45, 7) is 4.71. The van der Waals surface area contributed by atoms with Crippen LogP contribution in [-0.2, 0) is 13.1 Å². The molecule has 114 valence electrons. The van der Waals surface area contributed by atoms with Gasteiger partial charge in [0.25, 0.3) is 0 Å². The molecule has 0 aliphatic carbocycles. The summed E-state index contributed by atoms with van der Waals surface area (Å²) in [5.74, 6) is 0.0795. The van der Waals surface area contributed by atoms with Crippen molar-refractivity contribution in [2.45, 2.75) is 26.4 Å². The van der Waals surface area contributed by atoms with Gasteiger partial charge < -0.3 is 10.1 Å². The molecule has 1 N–H and O–H groups in total. The number of hydrogen-bond acceptors (Lipinski definition) is 4. The van der Waals surface area contributed by atoms with Crippen molar-refractivity contribution in [3.05, 3.63) is 40.9 Å². The molecule has 0 unspecified atom stereocenters. The third-order valence-corrected chi connectivity index (χ3v) is 3.09. The van der Waals surface area contributed by atoms with Crippen molar-refractivity contribution in [3.63, 3.8) is 0 Å². The van der Waals surface area contributed by atoms with Crippen molar-refractivity contribution in [1.29, 1.82) is 0 Å². The molecule has 2 rings (SSSR count). The molecule has 1 heterocycles. The number of ether oxygens (including phenoxy) is 1. The van der Waals surface area contributed by atoms with Crippen LogP contribution in [0.1, 0.15) is 19.0 Å². The average molecular weight is 313 g/mol. The Kier molecular flexibility index (Phi) is 5.95. The van der Waals surface area contributed by atoms with Crippen LogP contribution in [0.2, 0.25) is 5.02 Å². The van der Waals surface area contributed by atoms with E-state index < -0.39 is 0 Å². The maximum absolute atomic E-state index is 12.9. The quantitative estimate of drug-likeness (QED) is 0.761. The minimum absolute atomic E-state index is 0.262. The molecule has 0 radical (unpaired) electrons. The lowest BCUT2D eigenvalue weighted by atomic mass is 10.3. The van der Waals surface area contributed by atoms with Gasteiger partial charge in [0.2, 0.25) is 0 Å². The molecule has 2 aromatic rings. The van der Waals surface area contributed by atoms with E-state index in [0.717, 1.165) is 18.7 Å². The normalized spacial score (nSPS) is 10.8. The molecule has 0 atom stereocenters. The highest BCUT2D eigenvalue weighted by Gasteiger charge is 2.04. The minimum atomic E-state index is -0.382. The van der Waals surface area contributed by atoms with E-state index in [1.807, 2.05) is 6.20 Å². The Balaban J connectivity index is 1.78. The second-order valence-electron chi connectivity index (χ2n) is 4.57. The molecule has 0 aliphatic heterocycles. The van der Waals surface area contributed by atoms with Crippen LogP contribution in [0.25, 0.3) is 0 Å². The fourth-order valence-electron chi connectivity index (χ4n) is 1.76. The van der Waals surface area contributed by atoms with E-state index in [4.69, 9.17) is 16.3 Å². The van der Waals surface area contributed by atoms with Crippen molar-refractivity contribution in [3.8, 4) is 5.75 Å². The van der Waals surface area contributed by atoms with E-state index in [0.29, 0.717) is 25.4 Å². The first-order valence-electron chi connectivity index (χ1n) is 6.86. The molecule has 0 spiro atoms. The molecule has 1 aromatic carbocycles. The van der Waals surface area contributed by atoms with Gasteiger partial charge in [-0.1, -0.05) is 23.7 Å². The van der Waals surface area contributed by atoms with Gasteiger partial charge in [0.05, 0.1) is 17.3 Å². The summed E-state index contributed by atoms with van der Waals surface area (Å²) in [5, 5.41) is 11.6. The SMILES string of the molecule is CCCNCc1cn(CCOc2ccc(F)cc2Cl)nn1. The van der Waals surface area contributed by atoms with Gasteiger partial charge >= 0.3 is 0 Å². The zero-order chi connectivity index (χ0) is 15.1. The van der Waals surface area contributed by atoms with Crippen LogP contribution in [0.5, 0.6) is 5.75 Å². The van der Waals surface area contributed by atoms with Gasteiger partial charge in [-0.2, -0.15) is 0 Å². The average Bonchev–Trinajstić information content (AvgIpc) is 2.89. The number of aromatic nitrogens is 3. The first-order chi connectivity index (χ1) is 10.2. The molecule has 1 aromatic heterocycles. The Morgan fingerprint density at radius 2 is 2.29 bits per heavy atom. The fourth-order valence-corrected chi connectivity index (χ4v) is 1.99. The number of rotatable bonds is 8. The van der Waals surface area contributed by atoms with Crippen LogP contribution in [-0.4, -0.2) is 28.1 Å². The number of nitrogens with zero attached hydrogens (tertiary/aromatic N) is 3. The smallest absolute Gasteiger partial charge is 0.138 e. The molecule has 21 heavy (non-hydrogen) atoms. The third-order valence-electron chi connectivity index (χ3n) is 2.79. The van der Waals surface area contributed by atoms with Gasteiger partial charge in [-0.15, -0.1) is 5.10 Å². The Morgan fingerprint density at radius 3 is 3.05 bits per heavy atom. The van der Waals surface area contributed by atoms with Crippen molar-refractivity contribution in [2.24, 2.45) is 0 Å². The standard InChI is InChI=1S/C14H18ClFN4O/c1-2-5-17-9-12-10-20(19-18-12)6-7-21-14-4-3-11(16)8-13(14)15/h3-4,8,10,17H,2,5-7,9H2,1H3. The highest BCUT2D eigenvalue weighted by Crippen LogP contribution is 2.24. The first kappa shape index (κ1) is 15.7. The van der Waals surface area contributed by atoms with Crippen LogP contribution in [0.3, 0.4) is 0 Å². The number of halogens is 2. The largest absolute Gasteiger partial charge is 0.490 e. The summed E-state index contributed by atoms with van der Waals surface area (Å²) >= 11 is 5.88. The summed E-state index contributed by atoms with van der Waals surface area (Å²) in [6, 6.07) is 4.05. The van der Waals surface area contributed by atoms with Gasteiger partial charge in [0, 0.05) is 12.7 Å². The Morgan fingerprint density at radius 1 is 1.43 bits per heavy atom. The molecular formula is C14H18ClFN4O. The highest BCUT2D eigenvalue weighted by molar-refractivity contribution is 6.32. The van der Waals surface area contributed by atoms with Crippen LogP contribution in [0.4, 0.5) is 4.39 Å². The Bertz CT molecular complexity index is 576. The Labute approximate surface area is 128 Å². The van der Waals surface area contributed by atoms with Crippen LogP contribution in [0.15, 0.2) is 24.4 Å². The summed E-state index contributed by atoms with van der Waals surface area (Å²) in [5.41, 5.74) is 0.892. The van der Waals surface area contributed by atoms with E-state index in [9.17, 15) is 4.39 Å². The maximum Gasteiger partial charge on any atom is 0.138 e. The second kappa shape index (κ2) is 7.95. The van der Waals surface area contributed by atoms with Gasteiger partial charge in [-0.3, -0.25) is 0 Å². The Hall–Kier alpha value is -1.66. The van der Waals surface area contributed by atoms with Crippen molar-refractivity contribution in [2.75, 3.05) is 13.2 Å². The van der Waals surface area contributed by atoms with Gasteiger partial charge in [0.1, 0.15) is 18.2 Å². The summed E-state index contributed by atoms with van der Waals surface area (Å²) in [4.78, 5) is 0. The molecule has 0 amide bonds. The third kappa shape index (κ3) is 4.99. The molecule has 5 nitrogen and oxygen atoms in total. The molecule has 0 fully saturated rings. The van der Waals surface area contributed by atoms with Crippen molar-refractivity contribution in [1.82, 2.24) is 20.3 Å². The minimum Gasteiger partial charge on any atom is -0.490 e. The van der Waals surface area contributed by atoms with Crippen LogP contribution in [0, 0.1) is 5.82 Å². The molecule has 7 heteroatoms. The number of benzene rings is 1. The van der Waals surface area contributed by atoms with Crippen LogP contribution >= 0.6 is 11.6 Å². The van der Waals surface area contributed by atoms with Crippen LogP contribution < -0.4 is 10.1 Å². The predicted octanol–water partition coefficient (Wildman–Crippen LogP) is 2.65. The molecule has 0 saturated carbocycles. The molecule has 0 bridgehead atoms. The highest BCUT2D eigenvalue weighted by atomic mass is 35.5. The van der Waals surface area contributed by atoms with Gasteiger partial charge in [-0.25, -0.2) is 9.07 Å². The summed E-state index contributed by atoms with van der Waals surface area (Å²) < 4.78 is 20.1. The number of hydrogen-bond donors (Lipinski definition) is 1. The predicted molar refractivity (Wildman–Crippen MR) is 78.9 cm³/mol. The van der Waals surface area contributed by atoms with E-state index in [-0.39, 0.29) is 10.8 Å². The number of nitrogens with one attached hydrogen (secondary N) is 1. The molecule has 0 aliphatic rings. The molecule has 0 saturated heterocycles. The zero-order valence-corrected chi connectivity index (χ0v) is 12.6. The maximum atomic E-state index is 12.9. The topological polar surface area (TPSA) is 52.0 Å². The summed E-state index contributed by atoms with van der Waals surface area (Å²) in [6.07, 6.45) is 2.96. The van der Waals surface area contributed by atoms with Gasteiger partial charge in [0.15, 0.2) is 0 Å². The van der Waals surface area contributed by atoms with Crippen molar-refractivity contribution >= 4 is 11.6 Å². The lowest BCUT2D eigenvalue weighted by Crippen LogP contribution is -2.14. The van der Waals surface area contributed by atoms with E-state index in [1.165, 1.54) is 18.2 Å². The van der Waals surface area contributed by atoms with E-state index >= 15 is 0 Å². The van der Waals surface area contributed by atoms with E-state index in [1.54, 1.807) is 4.68 Å². The van der Waals surface area contributed by atoms with Crippen molar-refractivity contribution < 1.29 is 9.13 Å². The first-order valence-corrected chi connectivity index (χ1v) is 7.24. The monoisotopic (exact) mass is 312 g/mol. The fraction of sp³-hybridized carbons (Fsp3) is 0.429.